The highest BCUT2D eigenvalue weighted by Gasteiger charge is 2.27. The van der Waals surface area contributed by atoms with Crippen LogP contribution in [0.2, 0.25) is 0 Å². The molecule has 0 saturated heterocycles. The third-order valence-corrected chi connectivity index (χ3v) is 8.39. The summed E-state index contributed by atoms with van der Waals surface area (Å²) in [6, 6.07) is 17.8. The maximum Gasteiger partial charge on any atom is 0.255 e. The van der Waals surface area contributed by atoms with E-state index < -0.39 is 10.0 Å². The van der Waals surface area contributed by atoms with Gasteiger partial charge in [-0.3, -0.25) is 13.7 Å². The van der Waals surface area contributed by atoms with Gasteiger partial charge in [-0.25, -0.2) is 28.2 Å². The number of aryl methyl sites for hydroxylation is 1. The maximum absolute atomic E-state index is 13.2. The average Bonchev–Trinajstić information content (AvgIpc) is 3.60. The monoisotopic (exact) mass is 591 g/mol. The maximum atomic E-state index is 13.2. The molecule has 6 aromatic rings. The van der Waals surface area contributed by atoms with Crippen LogP contribution in [-0.2, 0) is 10.0 Å². The van der Waals surface area contributed by atoms with Gasteiger partial charge in [0.2, 0.25) is 10.0 Å². The third kappa shape index (κ3) is 4.85. The van der Waals surface area contributed by atoms with E-state index in [4.69, 9.17) is 16.0 Å². The molecule has 1 amide bonds. The lowest BCUT2D eigenvalue weighted by molar-refractivity contribution is 0.0964. The number of rotatable bonds is 6. The molecule has 3 aromatic heterocycles. The molecular formula is C31H25N7O4S. The molecule has 43 heavy (non-hydrogen) atoms. The van der Waals surface area contributed by atoms with E-state index in [1.54, 1.807) is 53.5 Å². The zero-order valence-corrected chi connectivity index (χ0v) is 24.5. The van der Waals surface area contributed by atoms with Gasteiger partial charge in [0, 0.05) is 42.4 Å². The summed E-state index contributed by atoms with van der Waals surface area (Å²) in [5, 5.41) is 3.16. The quantitative estimate of drug-likeness (QED) is 0.253. The van der Waals surface area contributed by atoms with Gasteiger partial charge in [0.15, 0.2) is 17.2 Å². The van der Waals surface area contributed by atoms with Gasteiger partial charge in [0.1, 0.15) is 23.2 Å². The van der Waals surface area contributed by atoms with Crippen LogP contribution < -0.4 is 9.62 Å². The van der Waals surface area contributed by atoms with Crippen molar-refractivity contribution in [3.63, 3.8) is 0 Å². The molecule has 11 nitrogen and oxygen atoms in total. The number of hydrogen-bond acceptors (Lipinski definition) is 7. The smallest absolute Gasteiger partial charge is 0.255 e. The summed E-state index contributed by atoms with van der Waals surface area (Å²) in [6.45, 7) is 9.18. The summed E-state index contributed by atoms with van der Waals surface area (Å²) in [5.41, 5.74) is 5.28. The fraction of sp³-hybridized carbons (Fsp3) is 0.129. The number of sulfonamides is 1. The minimum absolute atomic E-state index is 0.223. The average molecular weight is 592 g/mol. The van der Waals surface area contributed by atoms with Gasteiger partial charge in [-0.15, -0.1) is 0 Å². The first kappa shape index (κ1) is 27.6. The highest BCUT2D eigenvalue weighted by Crippen LogP contribution is 2.40. The van der Waals surface area contributed by atoms with Crippen molar-refractivity contribution in [2.24, 2.45) is 0 Å². The third-order valence-electron chi connectivity index (χ3n) is 7.20. The summed E-state index contributed by atoms with van der Waals surface area (Å²) < 4.78 is 34.6. The molecule has 0 saturated carbocycles. The van der Waals surface area contributed by atoms with Crippen LogP contribution >= 0.6 is 0 Å². The molecule has 0 spiro atoms. The molecular weight excluding hydrogens is 566 g/mol. The van der Waals surface area contributed by atoms with E-state index in [0.29, 0.717) is 50.3 Å². The number of anilines is 1. The summed E-state index contributed by atoms with van der Waals surface area (Å²) in [6.07, 6.45) is 4.27. The Hall–Kier alpha value is -5.54. The molecule has 0 unspecified atom stereocenters. The standard InChI is InChI=1S/C31H25N7O4S/c1-18-6-8-19(9-7-18)28-27(31(39)33-3)23-14-22(25(15-26(23)42-28)37(4)43(5,40)41)29-34-16-24-30(36-29)38(17-35-24)21-12-10-20(32-2)11-13-21/h6-17H,1,3-5H3,(H,33,39). The van der Waals surface area contributed by atoms with Gasteiger partial charge in [-0.05, 0) is 25.1 Å². The Morgan fingerprint density at radius 2 is 1.79 bits per heavy atom. The lowest BCUT2D eigenvalue weighted by Gasteiger charge is -2.20. The number of imidazole rings is 1. The van der Waals surface area contributed by atoms with Crippen molar-refractivity contribution in [3.8, 4) is 28.4 Å². The van der Waals surface area contributed by atoms with E-state index in [9.17, 15) is 13.2 Å². The largest absolute Gasteiger partial charge is 0.455 e. The summed E-state index contributed by atoms with van der Waals surface area (Å²) >= 11 is 0. The van der Waals surface area contributed by atoms with Crippen LogP contribution in [0.5, 0.6) is 0 Å². The van der Waals surface area contributed by atoms with E-state index in [1.807, 2.05) is 31.2 Å². The number of benzene rings is 3. The molecule has 12 heteroatoms. The van der Waals surface area contributed by atoms with E-state index in [1.165, 1.54) is 14.1 Å². The Bertz CT molecular complexity index is 2190. The van der Waals surface area contributed by atoms with Crippen molar-refractivity contribution in [3.05, 3.63) is 95.7 Å². The molecule has 3 aromatic carbocycles. The molecule has 0 fully saturated rings. The fourth-order valence-electron chi connectivity index (χ4n) is 4.83. The number of carbonyl (C=O) groups is 1. The van der Waals surface area contributed by atoms with Crippen molar-refractivity contribution in [2.45, 2.75) is 6.92 Å². The second-order valence-corrected chi connectivity index (χ2v) is 12.0. The minimum Gasteiger partial charge on any atom is -0.455 e. The predicted molar refractivity (Wildman–Crippen MR) is 165 cm³/mol. The van der Waals surface area contributed by atoms with Crippen LogP contribution in [0.4, 0.5) is 11.4 Å². The van der Waals surface area contributed by atoms with Crippen LogP contribution in [0.25, 0.3) is 55.4 Å². The highest BCUT2D eigenvalue weighted by molar-refractivity contribution is 7.92. The molecule has 214 valence electrons. The lowest BCUT2D eigenvalue weighted by atomic mass is 10.0. The van der Waals surface area contributed by atoms with Crippen LogP contribution in [0.1, 0.15) is 15.9 Å². The van der Waals surface area contributed by atoms with Crippen LogP contribution in [0, 0.1) is 13.5 Å². The van der Waals surface area contributed by atoms with Gasteiger partial charge >= 0.3 is 0 Å². The molecule has 0 bridgehead atoms. The number of nitrogens with one attached hydrogen (secondary N) is 1. The van der Waals surface area contributed by atoms with Crippen molar-refractivity contribution in [1.29, 1.82) is 0 Å². The lowest BCUT2D eigenvalue weighted by Crippen LogP contribution is -2.25. The zero-order chi connectivity index (χ0) is 30.5. The Morgan fingerprint density at radius 3 is 2.44 bits per heavy atom. The minimum atomic E-state index is -3.71. The van der Waals surface area contributed by atoms with Gasteiger partial charge in [0.05, 0.1) is 30.3 Å². The van der Waals surface area contributed by atoms with Crippen LogP contribution in [0.15, 0.2) is 77.6 Å². The number of carbonyl (C=O) groups excluding carboxylic acids is 1. The van der Waals surface area contributed by atoms with E-state index >= 15 is 0 Å². The molecule has 0 aliphatic rings. The van der Waals surface area contributed by atoms with Crippen LogP contribution in [-0.4, -0.2) is 54.2 Å². The Labute approximate surface area is 247 Å². The highest BCUT2D eigenvalue weighted by atomic mass is 32.2. The normalized spacial score (nSPS) is 11.5. The molecule has 0 aliphatic carbocycles. The second kappa shape index (κ2) is 10.4. The van der Waals surface area contributed by atoms with Crippen molar-refractivity contribution >= 4 is 49.4 Å². The molecule has 0 radical (unpaired) electrons. The molecule has 1 N–H and O–H groups in total. The number of nitrogens with zero attached hydrogens (tertiary/aromatic N) is 6. The van der Waals surface area contributed by atoms with E-state index in [0.717, 1.165) is 21.8 Å². The first-order valence-electron chi connectivity index (χ1n) is 13.1. The van der Waals surface area contributed by atoms with Crippen molar-refractivity contribution < 1.29 is 17.6 Å². The fourth-order valence-corrected chi connectivity index (χ4v) is 5.33. The van der Waals surface area contributed by atoms with Crippen molar-refractivity contribution in [1.82, 2.24) is 24.8 Å². The Balaban J connectivity index is 1.62. The first-order chi connectivity index (χ1) is 20.6. The topological polar surface area (TPSA) is 128 Å². The summed E-state index contributed by atoms with van der Waals surface area (Å²) in [4.78, 5) is 30.4. The SMILES string of the molecule is [C-]#[N+]c1ccc(-n2cnc3cnc(-c4cc5c(C(=O)NC)c(-c6ccc(C)cc6)oc5cc4N(C)S(C)(=O)=O)nc32)cc1. The number of fused-ring (bicyclic) bond motifs is 2. The Morgan fingerprint density at radius 1 is 1.07 bits per heavy atom. The number of amides is 1. The molecule has 0 atom stereocenters. The van der Waals surface area contributed by atoms with Crippen LogP contribution in [0.3, 0.4) is 0 Å². The Kier molecular flexibility index (Phi) is 6.67. The molecule has 0 aliphatic heterocycles. The van der Waals surface area contributed by atoms with E-state index in [-0.39, 0.29) is 17.4 Å². The second-order valence-electron chi connectivity index (χ2n) is 9.99. The predicted octanol–water partition coefficient (Wildman–Crippen LogP) is 5.51. The van der Waals surface area contributed by atoms with Gasteiger partial charge in [-0.2, -0.15) is 0 Å². The van der Waals surface area contributed by atoms with Gasteiger partial charge < -0.3 is 9.73 Å². The number of hydrogen-bond donors (Lipinski definition) is 1. The summed E-state index contributed by atoms with van der Waals surface area (Å²) in [5.74, 6) is 0.221. The first-order valence-corrected chi connectivity index (χ1v) is 15.0. The zero-order valence-electron chi connectivity index (χ0n) is 23.7. The van der Waals surface area contributed by atoms with Crippen molar-refractivity contribution in [2.75, 3.05) is 24.7 Å². The molecule has 6 rings (SSSR count). The van der Waals surface area contributed by atoms with E-state index in [2.05, 4.69) is 20.1 Å². The van der Waals surface area contributed by atoms with Gasteiger partial charge in [0.25, 0.3) is 5.91 Å². The van der Waals surface area contributed by atoms with Gasteiger partial charge in [-0.1, -0.05) is 42.0 Å². The summed E-state index contributed by atoms with van der Waals surface area (Å²) in [7, 11) is -0.738. The molecule has 3 heterocycles. The number of furan rings is 1. The number of aromatic nitrogens is 4.